The second-order valence-corrected chi connectivity index (χ2v) is 3.01. The second kappa shape index (κ2) is 3.07. The van der Waals surface area contributed by atoms with Gasteiger partial charge in [-0.1, -0.05) is 6.58 Å². The Morgan fingerprint density at radius 3 is 3.08 bits per heavy atom. The lowest BCUT2D eigenvalue weighted by molar-refractivity contribution is 0.383. The normalized spacial score (nSPS) is 21.5. The van der Waals surface area contributed by atoms with Crippen LogP contribution in [0.1, 0.15) is 23.7 Å². The van der Waals surface area contributed by atoms with E-state index in [2.05, 4.69) is 29.0 Å². The summed E-state index contributed by atoms with van der Waals surface area (Å²) < 4.78 is 0. The Hall–Kier alpha value is -1.15. The van der Waals surface area contributed by atoms with Crippen LogP contribution in [0.3, 0.4) is 0 Å². The van der Waals surface area contributed by atoms with Gasteiger partial charge in [-0.2, -0.15) is 0 Å². The zero-order valence-corrected chi connectivity index (χ0v) is 6.96. The Morgan fingerprint density at radius 2 is 2.50 bits per heavy atom. The topological polar surface area (TPSA) is 24.9 Å². The summed E-state index contributed by atoms with van der Waals surface area (Å²) in [6.45, 7) is 4.83. The van der Waals surface area contributed by atoms with E-state index in [0.717, 1.165) is 12.2 Å². The molecule has 1 aromatic rings. The minimum Gasteiger partial charge on any atom is -0.310 e. The van der Waals surface area contributed by atoms with Crippen LogP contribution in [0, 0.1) is 0 Å². The third-order valence-electron chi connectivity index (χ3n) is 2.24. The SMILES string of the molecule is C=Cc1cc([C@@H]2CCN2)ccn1. The van der Waals surface area contributed by atoms with Crippen molar-refractivity contribution in [2.45, 2.75) is 12.5 Å². The summed E-state index contributed by atoms with van der Waals surface area (Å²) in [7, 11) is 0. The van der Waals surface area contributed by atoms with Crippen LogP contribution in [0.15, 0.2) is 24.9 Å². The molecule has 0 spiro atoms. The van der Waals surface area contributed by atoms with Crippen LogP contribution in [-0.2, 0) is 0 Å². The van der Waals surface area contributed by atoms with Crippen molar-refractivity contribution in [2.24, 2.45) is 0 Å². The molecule has 0 radical (unpaired) electrons. The Morgan fingerprint density at radius 1 is 1.67 bits per heavy atom. The summed E-state index contributed by atoms with van der Waals surface area (Å²) in [4.78, 5) is 4.15. The van der Waals surface area contributed by atoms with E-state index in [0.29, 0.717) is 6.04 Å². The maximum absolute atomic E-state index is 4.15. The van der Waals surface area contributed by atoms with E-state index in [1.54, 1.807) is 6.08 Å². The van der Waals surface area contributed by atoms with E-state index in [-0.39, 0.29) is 0 Å². The molecule has 1 aliphatic heterocycles. The van der Waals surface area contributed by atoms with Crippen LogP contribution < -0.4 is 5.32 Å². The molecule has 12 heavy (non-hydrogen) atoms. The van der Waals surface area contributed by atoms with Gasteiger partial charge in [0, 0.05) is 12.2 Å². The average molecular weight is 160 g/mol. The van der Waals surface area contributed by atoms with Crippen LogP contribution >= 0.6 is 0 Å². The summed E-state index contributed by atoms with van der Waals surface area (Å²) in [6.07, 6.45) is 4.86. The number of nitrogens with zero attached hydrogens (tertiary/aromatic N) is 1. The van der Waals surface area contributed by atoms with E-state index in [9.17, 15) is 0 Å². The predicted octanol–water partition coefficient (Wildman–Crippen LogP) is 1.76. The fourth-order valence-electron chi connectivity index (χ4n) is 1.37. The van der Waals surface area contributed by atoms with E-state index in [1.165, 1.54) is 12.0 Å². The average Bonchev–Trinajstić information content (AvgIpc) is 2.02. The van der Waals surface area contributed by atoms with E-state index in [1.807, 2.05) is 6.20 Å². The third-order valence-corrected chi connectivity index (χ3v) is 2.24. The van der Waals surface area contributed by atoms with Crippen LogP contribution in [0.5, 0.6) is 0 Å². The summed E-state index contributed by atoms with van der Waals surface area (Å²) in [5.74, 6) is 0. The van der Waals surface area contributed by atoms with Gasteiger partial charge in [0.05, 0.1) is 5.69 Å². The molecule has 0 amide bonds. The first-order chi connectivity index (χ1) is 5.90. The summed E-state index contributed by atoms with van der Waals surface area (Å²) in [5.41, 5.74) is 2.28. The van der Waals surface area contributed by atoms with E-state index in [4.69, 9.17) is 0 Å². The molecule has 1 fully saturated rings. The first-order valence-corrected chi connectivity index (χ1v) is 4.22. The zero-order valence-electron chi connectivity index (χ0n) is 6.96. The molecule has 1 aromatic heterocycles. The molecule has 1 atom stereocenters. The lowest BCUT2D eigenvalue weighted by Crippen LogP contribution is -2.34. The quantitative estimate of drug-likeness (QED) is 0.713. The molecule has 62 valence electrons. The molecule has 1 N–H and O–H groups in total. The van der Waals surface area contributed by atoms with Crippen molar-refractivity contribution in [3.05, 3.63) is 36.2 Å². The van der Waals surface area contributed by atoms with Crippen molar-refractivity contribution in [3.8, 4) is 0 Å². The summed E-state index contributed by atoms with van der Waals surface area (Å²) in [6, 6.07) is 4.69. The summed E-state index contributed by atoms with van der Waals surface area (Å²) in [5, 5.41) is 3.35. The number of hydrogen-bond donors (Lipinski definition) is 1. The van der Waals surface area contributed by atoms with Gasteiger partial charge < -0.3 is 5.32 Å². The highest BCUT2D eigenvalue weighted by atomic mass is 15.0. The standard InChI is InChI=1S/C10H12N2/c1-2-9-7-8(3-5-11-9)10-4-6-12-10/h2-3,5,7,10,12H,1,4,6H2/t10-/m0/s1. The Balaban J connectivity index is 2.25. The third kappa shape index (κ3) is 1.25. The molecule has 0 aliphatic carbocycles. The first-order valence-electron chi connectivity index (χ1n) is 4.22. The molecule has 0 unspecified atom stereocenters. The van der Waals surface area contributed by atoms with Gasteiger partial charge in [-0.15, -0.1) is 0 Å². The van der Waals surface area contributed by atoms with Gasteiger partial charge in [0.2, 0.25) is 0 Å². The number of pyridine rings is 1. The Kier molecular flexibility index (Phi) is 1.92. The molecule has 2 nitrogen and oxygen atoms in total. The van der Waals surface area contributed by atoms with Crippen LogP contribution in [-0.4, -0.2) is 11.5 Å². The van der Waals surface area contributed by atoms with E-state index >= 15 is 0 Å². The number of rotatable bonds is 2. The fourth-order valence-corrected chi connectivity index (χ4v) is 1.37. The van der Waals surface area contributed by atoms with Gasteiger partial charge >= 0.3 is 0 Å². The highest BCUT2D eigenvalue weighted by Crippen LogP contribution is 2.22. The van der Waals surface area contributed by atoms with Crippen molar-refractivity contribution in [1.29, 1.82) is 0 Å². The lowest BCUT2D eigenvalue weighted by Gasteiger charge is -2.27. The van der Waals surface area contributed by atoms with Gasteiger partial charge in [-0.3, -0.25) is 4.98 Å². The monoisotopic (exact) mass is 160 g/mol. The van der Waals surface area contributed by atoms with Crippen LogP contribution in [0.25, 0.3) is 6.08 Å². The maximum Gasteiger partial charge on any atom is 0.0627 e. The number of nitrogens with one attached hydrogen (secondary N) is 1. The minimum atomic E-state index is 0.548. The minimum absolute atomic E-state index is 0.548. The first kappa shape index (κ1) is 7.50. The highest BCUT2D eigenvalue weighted by molar-refractivity contribution is 5.43. The van der Waals surface area contributed by atoms with Crippen molar-refractivity contribution in [3.63, 3.8) is 0 Å². The molecule has 2 rings (SSSR count). The number of aromatic nitrogens is 1. The molecule has 0 aromatic carbocycles. The molecule has 2 heterocycles. The smallest absolute Gasteiger partial charge is 0.0627 e. The van der Waals surface area contributed by atoms with Crippen molar-refractivity contribution < 1.29 is 0 Å². The van der Waals surface area contributed by atoms with Crippen molar-refractivity contribution in [1.82, 2.24) is 10.3 Å². The second-order valence-electron chi connectivity index (χ2n) is 3.01. The Labute approximate surface area is 72.3 Å². The summed E-state index contributed by atoms with van der Waals surface area (Å²) >= 11 is 0. The molecule has 2 heteroatoms. The van der Waals surface area contributed by atoms with Gasteiger partial charge in [0.15, 0.2) is 0 Å². The maximum atomic E-state index is 4.15. The lowest BCUT2D eigenvalue weighted by atomic mass is 9.98. The zero-order chi connectivity index (χ0) is 8.39. The number of hydrogen-bond acceptors (Lipinski definition) is 2. The van der Waals surface area contributed by atoms with Crippen LogP contribution in [0.4, 0.5) is 0 Å². The largest absolute Gasteiger partial charge is 0.310 e. The van der Waals surface area contributed by atoms with Crippen LogP contribution in [0.2, 0.25) is 0 Å². The van der Waals surface area contributed by atoms with Crippen molar-refractivity contribution >= 4 is 6.08 Å². The molecular formula is C10H12N2. The van der Waals surface area contributed by atoms with Gasteiger partial charge in [0.25, 0.3) is 0 Å². The van der Waals surface area contributed by atoms with E-state index < -0.39 is 0 Å². The molecule has 0 bridgehead atoms. The molecule has 1 aliphatic rings. The Bertz CT molecular complexity index is 290. The van der Waals surface area contributed by atoms with Gasteiger partial charge in [-0.05, 0) is 36.7 Å². The van der Waals surface area contributed by atoms with Gasteiger partial charge in [0.1, 0.15) is 0 Å². The predicted molar refractivity (Wildman–Crippen MR) is 49.7 cm³/mol. The van der Waals surface area contributed by atoms with Gasteiger partial charge in [-0.25, -0.2) is 0 Å². The molecular weight excluding hydrogens is 148 g/mol. The molecule has 1 saturated heterocycles. The fraction of sp³-hybridized carbons (Fsp3) is 0.300. The highest BCUT2D eigenvalue weighted by Gasteiger charge is 2.17. The van der Waals surface area contributed by atoms with Crippen molar-refractivity contribution in [2.75, 3.05) is 6.54 Å². The molecule has 0 saturated carbocycles.